The quantitative estimate of drug-likeness (QED) is 0.731. The van der Waals surface area contributed by atoms with E-state index in [-0.39, 0.29) is 0 Å². The van der Waals surface area contributed by atoms with Gasteiger partial charge in [0.2, 0.25) is 0 Å². The zero-order chi connectivity index (χ0) is 13.1. The van der Waals surface area contributed by atoms with Crippen LogP contribution in [0.2, 0.25) is 0 Å². The number of nitrogens with one attached hydrogen (secondary N) is 1. The first-order valence-electron chi connectivity index (χ1n) is 6.04. The molecular formula is C13H14N4S2. The van der Waals surface area contributed by atoms with Gasteiger partial charge in [-0.3, -0.25) is 3.97 Å². The number of benzene rings is 1. The molecule has 0 aliphatic rings. The first-order valence-corrected chi connectivity index (χ1v) is 7.86. The monoisotopic (exact) mass is 290 g/mol. The van der Waals surface area contributed by atoms with Crippen molar-refractivity contribution in [2.45, 2.75) is 17.3 Å². The van der Waals surface area contributed by atoms with Crippen molar-refractivity contribution in [1.82, 2.24) is 18.9 Å². The van der Waals surface area contributed by atoms with E-state index in [9.17, 15) is 0 Å². The summed E-state index contributed by atoms with van der Waals surface area (Å²) in [6.45, 7) is 2.21. The Morgan fingerprint density at radius 2 is 2.21 bits per heavy atom. The first-order chi connectivity index (χ1) is 9.33. The second kappa shape index (κ2) is 5.71. The number of para-hydroxylation sites is 2. The second-order valence-corrected chi connectivity index (χ2v) is 6.59. The Bertz CT molecular complexity index is 648. The van der Waals surface area contributed by atoms with Crippen molar-refractivity contribution >= 4 is 34.7 Å². The van der Waals surface area contributed by atoms with Crippen LogP contribution in [0.15, 0.2) is 48.1 Å². The molecule has 0 radical (unpaired) electrons. The number of nitrogens with zero attached hydrogens (tertiary/aromatic N) is 3. The van der Waals surface area contributed by atoms with E-state index < -0.39 is 0 Å². The van der Waals surface area contributed by atoms with E-state index in [1.54, 1.807) is 29.9 Å². The van der Waals surface area contributed by atoms with Crippen molar-refractivity contribution in [2.24, 2.45) is 0 Å². The molecule has 1 aromatic carbocycles. The summed E-state index contributed by atoms with van der Waals surface area (Å²) in [5, 5.41) is 1.46. The molecule has 0 fully saturated rings. The predicted molar refractivity (Wildman–Crippen MR) is 81.5 cm³/mol. The highest BCUT2D eigenvalue weighted by Crippen LogP contribution is 2.24. The third kappa shape index (κ3) is 2.96. The number of hydrogen-bond acceptors (Lipinski definition) is 4. The second-order valence-electron chi connectivity index (χ2n) is 4.18. The Kier molecular flexibility index (Phi) is 3.79. The topological polar surface area (TPSA) is 46.5 Å². The summed E-state index contributed by atoms with van der Waals surface area (Å²) in [5.41, 5.74) is 2.21. The fourth-order valence-electron chi connectivity index (χ4n) is 1.76. The number of thioether (sulfide) groups is 1. The summed E-state index contributed by atoms with van der Waals surface area (Å²) in [5.74, 6) is 1.01. The number of rotatable bonds is 5. The van der Waals surface area contributed by atoms with Gasteiger partial charge in [0.15, 0.2) is 5.16 Å². The zero-order valence-electron chi connectivity index (χ0n) is 10.5. The Labute approximate surface area is 120 Å². The van der Waals surface area contributed by atoms with E-state index in [4.69, 9.17) is 0 Å². The molecule has 1 unspecified atom stereocenters. The molecule has 1 atom stereocenters. The normalized spacial score (nSPS) is 12.9. The number of fused-ring (bicyclic) bond motifs is 1. The van der Waals surface area contributed by atoms with Crippen LogP contribution in [0.3, 0.4) is 0 Å². The third-order valence-corrected chi connectivity index (χ3v) is 5.10. The molecule has 3 rings (SSSR count). The number of aromatic nitrogens is 4. The van der Waals surface area contributed by atoms with E-state index >= 15 is 0 Å². The smallest absolute Gasteiger partial charge is 0.165 e. The average Bonchev–Trinajstić information content (AvgIpc) is 3.05. The SMILES string of the molecule is CC(CSn1cnc2ccccc21)Sc1ncc[nH]1. The van der Waals surface area contributed by atoms with Crippen LogP contribution < -0.4 is 0 Å². The van der Waals surface area contributed by atoms with E-state index in [2.05, 4.69) is 31.9 Å². The lowest BCUT2D eigenvalue weighted by Gasteiger charge is -2.09. The van der Waals surface area contributed by atoms with E-state index in [1.807, 2.05) is 30.7 Å². The van der Waals surface area contributed by atoms with Crippen LogP contribution in [-0.2, 0) is 0 Å². The largest absolute Gasteiger partial charge is 0.340 e. The van der Waals surface area contributed by atoms with Crippen molar-refractivity contribution in [3.05, 3.63) is 43.0 Å². The Balaban J connectivity index is 1.62. The first kappa shape index (κ1) is 12.6. The third-order valence-electron chi connectivity index (χ3n) is 2.66. The van der Waals surface area contributed by atoms with E-state index in [0.717, 1.165) is 16.4 Å². The van der Waals surface area contributed by atoms with Gasteiger partial charge in [-0.1, -0.05) is 30.8 Å². The van der Waals surface area contributed by atoms with Gasteiger partial charge in [0.1, 0.15) is 6.33 Å². The van der Waals surface area contributed by atoms with Gasteiger partial charge in [0.05, 0.1) is 11.0 Å². The van der Waals surface area contributed by atoms with Crippen LogP contribution in [0.1, 0.15) is 6.92 Å². The highest BCUT2D eigenvalue weighted by molar-refractivity contribution is 8.02. The van der Waals surface area contributed by atoms with Gasteiger partial charge in [-0.15, -0.1) is 0 Å². The highest BCUT2D eigenvalue weighted by Gasteiger charge is 2.08. The maximum Gasteiger partial charge on any atom is 0.165 e. The van der Waals surface area contributed by atoms with Gasteiger partial charge in [-0.05, 0) is 24.1 Å². The van der Waals surface area contributed by atoms with Gasteiger partial charge < -0.3 is 4.98 Å². The summed E-state index contributed by atoms with van der Waals surface area (Å²) < 4.78 is 2.13. The molecule has 19 heavy (non-hydrogen) atoms. The Hall–Kier alpha value is -1.40. The lowest BCUT2D eigenvalue weighted by atomic mass is 10.3. The molecule has 3 aromatic rings. The van der Waals surface area contributed by atoms with Gasteiger partial charge in [-0.25, -0.2) is 9.97 Å². The van der Waals surface area contributed by atoms with Gasteiger partial charge in [0.25, 0.3) is 0 Å². The van der Waals surface area contributed by atoms with Gasteiger partial charge >= 0.3 is 0 Å². The van der Waals surface area contributed by atoms with Crippen molar-refractivity contribution in [3.8, 4) is 0 Å². The lowest BCUT2D eigenvalue weighted by Crippen LogP contribution is -2.02. The maximum atomic E-state index is 4.39. The molecule has 6 heteroatoms. The molecule has 0 saturated carbocycles. The lowest BCUT2D eigenvalue weighted by molar-refractivity contribution is 1.03. The van der Waals surface area contributed by atoms with E-state index in [0.29, 0.717) is 5.25 Å². The van der Waals surface area contributed by atoms with Crippen molar-refractivity contribution in [3.63, 3.8) is 0 Å². The van der Waals surface area contributed by atoms with Gasteiger partial charge in [0, 0.05) is 23.4 Å². The summed E-state index contributed by atoms with van der Waals surface area (Å²) in [6, 6.07) is 8.19. The van der Waals surface area contributed by atoms with Crippen LogP contribution in [-0.4, -0.2) is 29.9 Å². The number of H-pyrrole nitrogens is 1. The van der Waals surface area contributed by atoms with Crippen LogP contribution in [0, 0.1) is 0 Å². The molecule has 4 nitrogen and oxygen atoms in total. The maximum absolute atomic E-state index is 4.39. The van der Waals surface area contributed by atoms with Crippen molar-refractivity contribution in [2.75, 3.05) is 5.75 Å². The molecule has 0 spiro atoms. The van der Waals surface area contributed by atoms with Crippen molar-refractivity contribution in [1.29, 1.82) is 0 Å². The van der Waals surface area contributed by atoms with Crippen LogP contribution >= 0.6 is 23.7 Å². The molecule has 0 bridgehead atoms. The van der Waals surface area contributed by atoms with Crippen molar-refractivity contribution < 1.29 is 0 Å². The van der Waals surface area contributed by atoms with Crippen LogP contribution in [0.25, 0.3) is 11.0 Å². The molecule has 0 aliphatic heterocycles. The Morgan fingerprint density at radius 1 is 1.32 bits per heavy atom. The minimum absolute atomic E-state index is 0.484. The summed E-state index contributed by atoms with van der Waals surface area (Å²) in [7, 11) is 0. The molecule has 0 aliphatic carbocycles. The average molecular weight is 290 g/mol. The fraction of sp³-hybridized carbons (Fsp3) is 0.231. The number of imidazole rings is 2. The summed E-state index contributed by atoms with van der Waals surface area (Å²) >= 11 is 3.53. The molecule has 2 aromatic heterocycles. The van der Waals surface area contributed by atoms with Crippen LogP contribution in [0.4, 0.5) is 0 Å². The summed E-state index contributed by atoms with van der Waals surface area (Å²) in [6.07, 6.45) is 5.52. The highest BCUT2D eigenvalue weighted by atomic mass is 32.2. The molecular weight excluding hydrogens is 276 g/mol. The number of aromatic amines is 1. The Morgan fingerprint density at radius 3 is 3.05 bits per heavy atom. The fourth-order valence-corrected chi connectivity index (χ4v) is 3.64. The van der Waals surface area contributed by atoms with Crippen LogP contribution in [0.5, 0.6) is 0 Å². The standard InChI is InChI=1S/C13H14N4S2/c1-10(19-13-14-6-7-15-13)8-18-17-9-16-11-4-2-3-5-12(11)17/h2-7,9-10H,8H2,1H3,(H,14,15). The predicted octanol–water partition coefficient (Wildman–Crippen LogP) is 3.44. The molecule has 0 amide bonds. The molecule has 0 saturated heterocycles. The number of hydrogen-bond donors (Lipinski definition) is 1. The minimum atomic E-state index is 0.484. The zero-order valence-corrected chi connectivity index (χ0v) is 12.1. The van der Waals surface area contributed by atoms with E-state index in [1.165, 1.54) is 5.52 Å². The summed E-state index contributed by atoms with van der Waals surface area (Å²) in [4.78, 5) is 11.7. The molecule has 1 N–H and O–H groups in total. The minimum Gasteiger partial charge on any atom is -0.340 e. The molecule has 98 valence electrons. The molecule has 2 heterocycles. The van der Waals surface area contributed by atoms with Gasteiger partial charge in [-0.2, -0.15) is 0 Å².